The number of piperidine rings is 1. The van der Waals surface area contributed by atoms with Gasteiger partial charge in [-0.25, -0.2) is 4.98 Å². The number of thiazole rings is 1. The smallest absolute Gasteiger partial charge is 0.306 e. The minimum absolute atomic E-state index is 0.0185. The van der Waals surface area contributed by atoms with Crippen LogP contribution in [0, 0.1) is 18.3 Å². The first-order valence-electron chi connectivity index (χ1n) is 16.2. The fourth-order valence-electron chi connectivity index (χ4n) is 6.23. The molecule has 0 saturated carbocycles. The van der Waals surface area contributed by atoms with Gasteiger partial charge in [-0.2, -0.15) is 0 Å². The fraction of sp³-hybridized carbons (Fsp3) is 0.618. The highest BCUT2D eigenvalue weighted by molar-refractivity contribution is 7.13. The summed E-state index contributed by atoms with van der Waals surface area (Å²) in [5, 5.41) is 16.5. The molecule has 3 N–H and O–H groups in total. The van der Waals surface area contributed by atoms with Crippen LogP contribution in [0.4, 0.5) is 0 Å². The normalized spacial score (nSPS) is 20.6. The number of benzene rings is 1. The second-order valence-corrected chi connectivity index (χ2v) is 14.5. The SMILES string of the molecule is CCOC(=O)CC1CCN(CC(=O)N[C@H](C(=O)N2C[C@H](O)C[C@H]2C(=O)N[C@@H](C)c2ccc(-c3scnc3C)cc2)C(C)(C)C)CC1. The van der Waals surface area contributed by atoms with Crippen LogP contribution in [0.3, 0.4) is 0 Å². The van der Waals surface area contributed by atoms with Gasteiger partial charge in [0.15, 0.2) is 0 Å². The average Bonchev–Trinajstić information content (AvgIpc) is 3.61. The molecule has 2 aliphatic rings. The van der Waals surface area contributed by atoms with Crippen LogP contribution in [0.1, 0.15) is 77.6 Å². The zero-order valence-electron chi connectivity index (χ0n) is 27.9. The molecule has 3 heterocycles. The molecule has 0 radical (unpaired) electrons. The number of β-amino-alcohol motifs (C(OH)–C–C–N with tert-alkyl or cyclic N) is 1. The van der Waals surface area contributed by atoms with Gasteiger partial charge in [-0.3, -0.25) is 24.1 Å². The highest BCUT2D eigenvalue weighted by Crippen LogP contribution is 2.30. The number of amides is 3. The Morgan fingerprint density at radius 1 is 1.11 bits per heavy atom. The zero-order chi connectivity index (χ0) is 33.6. The van der Waals surface area contributed by atoms with E-state index in [1.165, 1.54) is 4.90 Å². The lowest BCUT2D eigenvalue weighted by Crippen LogP contribution is -2.59. The Morgan fingerprint density at radius 2 is 1.78 bits per heavy atom. The molecule has 12 heteroatoms. The summed E-state index contributed by atoms with van der Waals surface area (Å²) < 4.78 is 5.07. The van der Waals surface area contributed by atoms with Gasteiger partial charge in [0.25, 0.3) is 0 Å². The van der Waals surface area contributed by atoms with Gasteiger partial charge in [0.1, 0.15) is 12.1 Å². The number of ether oxygens (including phenoxy) is 1. The van der Waals surface area contributed by atoms with Gasteiger partial charge in [-0.15, -0.1) is 11.3 Å². The van der Waals surface area contributed by atoms with Crippen molar-refractivity contribution in [3.05, 3.63) is 41.0 Å². The fourth-order valence-corrected chi connectivity index (χ4v) is 7.04. The van der Waals surface area contributed by atoms with Crippen LogP contribution in [-0.2, 0) is 23.9 Å². The predicted octanol–water partition coefficient (Wildman–Crippen LogP) is 3.45. The number of aliphatic hydroxyl groups is 1. The average molecular weight is 656 g/mol. The van der Waals surface area contributed by atoms with Crippen molar-refractivity contribution < 1.29 is 29.0 Å². The van der Waals surface area contributed by atoms with E-state index < -0.39 is 23.6 Å². The van der Waals surface area contributed by atoms with Crippen LogP contribution in [0.2, 0.25) is 0 Å². The summed E-state index contributed by atoms with van der Waals surface area (Å²) in [6, 6.07) is 5.90. The minimum Gasteiger partial charge on any atom is -0.466 e. The monoisotopic (exact) mass is 655 g/mol. The van der Waals surface area contributed by atoms with Gasteiger partial charge in [0.2, 0.25) is 17.7 Å². The molecule has 1 aromatic carbocycles. The topological polar surface area (TPSA) is 141 Å². The van der Waals surface area contributed by atoms with Crippen molar-refractivity contribution >= 4 is 35.0 Å². The van der Waals surface area contributed by atoms with E-state index in [1.807, 2.05) is 69.3 Å². The first-order chi connectivity index (χ1) is 21.8. The van der Waals surface area contributed by atoms with E-state index >= 15 is 0 Å². The van der Waals surface area contributed by atoms with Crippen molar-refractivity contribution in [2.24, 2.45) is 11.3 Å². The highest BCUT2D eigenvalue weighted by atomic mass is 32.1. The molecule has 46 heavy (non-hydrogen) atoms. The van der Waals surface area contributed by atoms with Gasteiger partial charge in [0.05, 0.1) is 41.4 Å². The van der Waals surface area contributed by atoms with E-state index in [9.17, 15) is 24.3 Å². The van der Waals surface area contributed by atoms with E-state index in [0.29, 0.717) is 26.1 Å². The molecule has 0 unspecified atom stereocenters. The maximum atomic E-state index is 14.0. The van der Waals surface area contributed by atoms with Gasteiger partial charge >= 0.3 is 5.97 Å². The Bertz CT molecular complexity index is 1360. The van der Waals surface area contributed by atoms with Crippen molar-refractivity contribution in [2.75, 3.05) is 32.8 Å². The molecule has 2 saturated heterocycles. The molecular formula is C34H49N5O6S. The first-order valence-corrected chi connectivity index (χ1v) is 17.1. The highest BCUT2D eigenvalue weighted by Gasteiger charge is 2.44. The second-order valence-electron chi connectivity index (χ2n) is 13.6. The summed E-state index contributed by atoms with van der Waals surface area (Å²) in [6.07, 6.45) is 1.27. The Balaban J connectivity index is 1.35. The largest absolute Gasteiger partial charge is 0.466 e. The number of carbonyl (C=O) groups is 4. The summed E-state index contributed by atoms with van der Waals surface area (Å²) in [4.78, 5) is 61.4. The zero-order valence-corrected chi connectivity index (χ0v) is 28.7. The van der Waals surface area contributed by atoms with Crippen molar-refractivity contribution in [1.82, 2.24) is 25.4 Å². The summed E-state index contributed by atoms with van der Waals surface area (Å²) in [6.45, 7) is 13.2. The Labute approximate surface area is 276 Å². The number of aromatic nitrogens is 1. The summed E-state index contributed by atoms with van der Waals surface area (Å²) in [5.41, 5.74) is 4.13. The lowest BCUT2D eigenvalue weighted by atomic mass is 9.85. The molecule has 4 rings (SSSR count). The van der Waals surface area contributed by atoms with Gasteiger partial charge in [0, 0.05) is 19.4 Å². The van der Waals surface area contributed by atoms with Crippen molar-refractivity contribution in [3.8, 4) is 10.4 Å². The number of carbonyl (C=O) groups excluding carboxylic acids is 4. The molecule has 252 valence electrons. The molecule has 2 aromatic rings. The molecule has 2 aliphatic heterocycles. The van der Waals surface area contributed by atoms with E-state index in [-0.39, 0.29) is 55.2 Å². The van der Waals surface area contributed by atoms with Crippen LogP contribution in [0.25, 0.3) is 10.4 Å². The Hall–Kier alpha value is -3.35. The van der Waals surface area contributed by atoms with Gasteiger partial charge in [-0.1, -0.05) is 45.0 Å². The van der Waals surface area contributed by atoms with Crippen LogP contribution in [-0.4, -0.2) is 94.6 Å². The molecular weight excluding hydrogens is 606 g/mol. The quantitative estimate of drug-likeness (QED) is 0.313. The number of aliphatic hydroxyl groups excluding tert-OH is 1. The lowest BCUT2D eigenvalue weighted by Gasteiger charge is -2.36. The number of nitrogens with zero attached hydrogens (tertiary/aromatic N) is 3. The number of esters is 1. The number of hydrogen-bond donors (Lipinski definition) is 3. The molecule has 1 aromatic heterocycles. The van der Waals surface area contributed by atoms with E-state index in [0.717, 1.165) is 34.5 Å². The third-order valence-electron chi connectivity index (χ3n) is 8.90. The van der Waals surface area contributed by atoms with Crippen LogP contribution >= 0.6 is 11.3 Å². The van der Waals surface area contributed by atoms with Gasteiger partial charge < -0.3 is 25.4 Å². The standard InChI is InChI=1S/C34H49N5O6S/c1-7-45-29(42)16-23-12-14-38(15-13-23)19-28(41)37-31(34(4,5)6)33(44)39-18-26(40)17-27(39)32(43)36-21(2)24-8-10-25(11-9-24)30-22(3)35-20-46-30/h8-11,20-21,23,26-27,31,40H,7,12-19H2,1-6H3,(H,36,43)(H,37,41)/t21-,26+,27-,31+/m0/s1. The van der Waals surface area contributed by atoms with Gasteiger partial charge in [-0.05, 0) is 69.2 Å². The predicted molar refractivity (Wildman–Crippen MR) is 177 cm³/mol. The maximum absolute atomic E-state index is 14.0. The van der Waals surface area contributed by atoms with Crippen LogP contribution < -0.4 is 10.6 Å². The Morgan fingerprint density at radius 3 is 2.37 bits per heavy atom. The first kappa shape index (κ1) is 35.5. The minimum atomic E-state index is -0.887. The van der Waals surface area contributed by atoms with Crippen molar-refractivity contribution in [3.63, 3.8) is 0 Å². The summed E-state index contributed by atoms with van der Waals surface area (Å²) in [7, 11) is 0. The van der Waals surface area contributed by atoms with E-state index in [2.05, 4.69) is 15.6 Å². The van der Waals surface area contributed by atoms with Crippen molar-refractivity contribution in [1.29, 1.82) is 0 Å². The third kappa shape index (κ3) is 9.13. The Kier molecular flexibility index (Phi) is 12.0. The molecule has 3 amide bonds. The number of aryl methyl sites for hydroxylation is 1. The molecule has 0 spiro atoms. The molecule has 0 bridgehead atoms. The maximum Gasteiger partial charge on any atom is 0.306 e. The number of rotatable bonds is 11. The number of likely N-dealkylation sites (tertiary alicyclic amines) is 2. The summed E-state index contributed by atoms with van der Waals surface area (Å²) in [5.74, 6) is -0.951. The van der Waals surface area contributed by atoms with E-state index in [1.54, 1.807) is 18.3 Å². The molecule has 4 atom stereocenters. The lowest BCUT2D eigenvalue weighted by molar-refractivity contribution is -0.145. The number of hydrogen-bond acceptors (Lipinski definition) is 9. The van der Waals surface area contributed by atoms with E-state index in [4.69, 9.17) is 4.74 Å². The summed E-state index contributed by atoms with van der Waals surface area (Å²) >= 11 is 1.58. The van der Waals surface area contributed by atoms with Crippen LogP contribution in [0.15, 0.2) is 29.8 Å². The van der Waals surface area contributed by atoms with Crippen molar-refractivity contribution in [2.45, 2.75) is 91.5 Å². The molecule has 2 fully saturated rings. The van der Waals surface area contributed by atoms with Crippen LogP contribution in [0.5, 0.6) is 0 Å². The third-order valence-corrected chi connectivity index (χ3v) is 9.87. The molecule has 11 nitrogen and oxygen atoms in total. The number of nitrogens with one attached hydrogen (secondary N) is 2. The second kappa shape index (κ2) is 15.5. The molecule has 0 aliphatic carbocycles.